The number of aryl methyl sites for hydroxylation is 1. The fourth-order valence-corrected chi connectivity index (χ4v) is 2.15. The van der Waals surface area contributed by atoms with Gasteiger partial charge < -0.3 is 19.3 Å². The molecule has 0 aliphatic carbocycles. The van der Waals surface area contributed by atoms with E-state index in [0.717, 1.165) is 0 Å². The summed E-state index contributed by atoms with van der Waals surface area (Å²) in [5.41, 5.74) is 1.00. The van der Waals surface area contributed by atoms with Gasteiger partial charge in [-0.25, -0.2) is 0 Å². The summed E-state index contributed by atoms with van der Waals surface area (Å²) in [5.74, 6) is -0.207. The molecule has 1 N–H and O–H groups in total. The Morgan fingerprint density at radius 3 is 2.84 bits per heavy atom. The summed E-state index contributed by atoms with van der Waals surface area (Å²) in [6.07, 6.45) is 1.32. The van der Waals surface area contributed by atoms with Crippen molar-refractivity contribution in [2.75, 3.05) is 26.3 Å². The van der Waals surface area contributed by atoms with Gasteiger partial charge in [-0.2, -0.15) is 0 Å². The van der Waals surface area contributed by atoms with E-state index in [1.54, 1.807) is 28.8 Å². The van der Waals surface area contributed by atoms with Crippen LogP contribution in [-0.4, -0.2) is 58.7 Å². The van der Waals surface area contributed by atoms with Crippen LogP contribution in [-0.2, 0) is 11.8 Å². The summed E-state index contributed by atoms with van der Waals surface area (Å²) in [4.78, 5) is 25.3. The van der Waals surface area contributed by atoms with Gasteiger partial charge in [0, 0.05) is 31.9 Å². The Morgan fingerprint density at radius 2 is 2.26 bits per heavy atom. The van der Waals surface area contributed by atoms with Crippen LogP contribution in [0.4, 0.5) is 0 Å². The van der Waals surface area contributed by atoms with Gasteiger partial charge >= 0.3 is 0 Å². The lowest BCUT2D eigenvalue weighted by molar-refractivity contribution is -0.0449. The lowest BCUT2D eigenvalue weighted by Crippen LogP contribution is -2.47. The Labute approximate surface area is 111 Å². The first-order valence-corrected chi connectivity index (χ1v) is 6.22. The number of ether oxygens (including phenoxy) is 1. The molecule has 19 heavy (non-hydrogen) atoms. The van der Waals surface area contributed by atoms with Gasteiger partial charge in [0.1, 0.15) is 5.69 Å². The van der Waals surface area contributed by atoms with Gasteiger partial charge in [-0.05, 0) is 13.0 Å². The molecule has 1 atom stereocenters. The summed E-state index contributed by atoms with van der Waals surface area (Å²) in [6, 6.07) is 1.61. The molecular weight excluding hydrogens is 248 g/mol. The van der Waals surface area contributed by atoms with E-state index in [9.17, 15) is 9.59 Å². The normalized spacial score (nSPS) is 19.5. The predicted octanol–water partition coefficient (Wildman–Crippen LogP) is 0.0610. The van der Waals surface area contributed by atoms with E-state index in [1.807, 2.05) is 0 Å². The van der Waals surface area contributed by atoms with Gasteiger partial charge in [-0.3, -0.25) is 9.59 Å². The van der Waals surface area contributed by atoms with Gasteiger partial charge in [-0.15, -0.1) is 0 Å². The second-order valence-corrected chi connectivity index (χ2v) is 4.71. The van der Waals surface area contributed by atoms with E-state index in [4.69, 9.17) is 9.84 Å². The number of aromatic nitrogens is 1. The molecule has 1 saturated heterocycles. The molecule has 0 bridgehead atoms. The van der Waals surface area contributed by atoms with Crippen molar-refractivity contribution in [1.29, 1.82) is 0 Å². The zero-order valence-corrected chi connectivity index (χ0v) is 11.1. The van der Waals surface area contributed by atoms with Crippen molar-refractivity contribution in [2.24, 2.45) is 7.05 Å². The van der Waals surface area contributed by atoms with Crippen LogP contribution in [0, 0.1) is 0 Å². The molecule has 0 radical (unpaired) electrons. The highest BCUT2D eigenvalue weighted by Gasteiger charge is 2.26. The maximum absolute atomic E-state index is 12.4. The van der Waals surface area contributed by atoms with Crippen LogP contribution in [0.25, 0.3) is 0 Å². The number of hydrogen-bond acceptors (Lipinski definition) is 4. The number of nitrogens with zero attached hydrogens (tertiary/aromatic N) is 2. The van der Waals surface area contributed by atoms with Crippen molar-refractivity contribution in [3.63, 3.8) is 0 Å². The molecule has 1 aliphatic rings. The summed E-state index contributed by atoms with van der Waals surface area (Å²) in [6.45, 7) is 2.66. The number of carbonyl (C=O) groups is 2. The van der Waals surface area contributed by atoms with Crippen molar-refractivity contribution in [1.82, 2.24) is 9.47 Å². The lowest BCUT2D eigenvalue weighted by Gasteiger charge is -2.32. The monoisotopic (exact) mass is 266 g/mol. The predicted molar refractivity (Wildman–Crippen MR) is 68.1 cm³/mol. The molecule has 1 aromatic heterocycles. The molecule has 2 rings (SSSR count). The highest BCUT2D eigenvalue weighted by atomic mass is 16.5. The minimum absolute atomic E-state index is 0.0649. The smallest absolute Gasteiger partial charge is 0.270 e. The highest BCUT2D eigenvalue weighted by molar-refractivity contribution is 5.99. The Hall–Kier alpha value is -1.66. The van der Waals surface area contributed by atoms with Gasteiger partial charge in [0.25, 0.3) is 5.91 Å². The summed E-state index contributed by atoms with van der Waals surface area (Å²) >= 11 is 0. The number of carbonyl (C=O) groups excluding carboxylic acids is 2. The molecule has 1 aromatic rings. The van der Waals surface area contributed by atoms with E-state index in [0.29, 0.717) is 31.0 Å². The molecule has 1 fully saturated rings. The molecule has 0 aromatic carbocycles. The summed E-state index contributed by atoms with van der Waals surface area (Å²) in [5, 5.41) is 9.08. The number of ketones is 1. The van der Waals surface area contributed by atoms with Crippen molar-refractivity contribution in [2.45, 2.75) is 13.0 Å². The van der Waals surface area contributed by atoms with Crippen LogP contribution in [0.2, 0.25) is 0 Å². The Kier molecular flexibility index (Phi) is 4.01. The Bertz CT molecular complexity index is 495. The van der Waals surface area contributed by atoms with E-state index in [1.165, 1.54) is 6.92 Å². The zero-order valence-electron chi connectivity index (χ0n) is 11.1. The Morgan fingerprint density at radius 1 is 1.53 bits per heavy atom. The lowest BCUT2D eigenvalue weighted by atomic mass is 10.2. The van der Waals surface area contributed by atoms with E-state index >= 15 is 0 Å². The number of morpholine rings is 1. The SMILES string of the molecule is CC(=O)c1cc(C(=O)N2CCOC(CO)C2)n(C)c1. The summed E-state index contributed by atoms with van der Waals surface area (Å²) in [7, 11) is 1.74. The number of aliphatic hydroxyl groups excluding tert-OH is 1. The van der Waals surface area contributed by atoms with Crippen molar-refractivity contribution in [3.8, 4) is 0 Å². The first-order chi connectivity index (χ1) is 9.02. The zero-order chi connectivity index (χ0) is 14.0. The van der Waals surface area contributed by atoms with Crippen LogP contribution in [0.15, 0.2) is 12.3 Å². The number of hydrogen-bond donors (Lipinski definition) is 1. The minimum atomic E-state index is -0.328. The standard InChI is InChI=1S/C13H18N2O4/c1-9(17)10-5-12(14(2)6-10)13(18)15-3-4-19-11(7-15)8-16/h5-6,11,16H,3-4,7-8H2,1-2H3. The van der Waals surface area contributed by atoms with Gasteiger partial charge in [0.2, 0.25) is 0 Å². The second kappa shape index (κ2) is 5.54. The number of Topliss-reactive ketones (excluding diaryl/α,β-unsaturated/α-hetero) is 1. The van der Waals surface area contributed by atoms with Crippen LogP contribution in [0.3, 0.4) is 0 Å². The third-order valence-corrected chi connectivity index (χ3v) is 3.26. The summed E-state index contributed by atoms with van der Waals surface area (Å²) < 4.78 is 6.97. The van der Waals surface area contributed by atoms with Gasteiger partial charge in [0.05, 0.1) is 19.3 Å². The fourth-order valence-electron chi connectivity index (χ4n) is 2.15. The molecule has 0 spiro atoms. The van der Waals surface area contributed by atoms with Crippen LogP contribution in [0.5, 0.6) is 0 Å². The molecule has 1 amide bonds. The maximum atomic E-state index is 12.4. The third-order valence-electron chi connectivity index (χ3n) is 3.26. The largest absolute Gasteiger partial charge is 0.394 e. The fraction of sp³-hybridized carbons (Fsp3) is 0.538. The van der Waals surface area contributed by atoms with Crippen LogP contribution >= 0.6 is 0 Å². The van der Waals surface area contributed by atoms with Gasteiger partial charge in [-0.1, -0.05) is 0 Å². The van der Waals surface area contributed by atoms with Crippen molar-refractivity contribution < 1.29 is 19.4 Å². The topological polar surface area (TPSA) is 71.8 Å². The molecule has 1 aliphatic heterocycles. The molecule has 1 unspecified atom stereocenters. The van der Waals surface area contributed by atoms with Gasteiger partial charge in [0.15, 0.2) is 5.78 Å². The quantitative estimate of drug-likeness (QED) is 0.785. The second-order valence-electron chi connectivity index (χ2n) is 4.71. The Balaban J connectivity index is 2.17. The molecule has 6 heteroatoms. The van der Waals surface area contributed by atoms with Crippen molar-refractivity contribution in [3.05, 3.63) is 23.5 Å². The minimum Gasteiger partial charge on any atom is -0.394 e. The highest BCUT2D eigenvalue weighted by Crippen LogP contribution is 2.13. The number of rotatable bonds is 3. The number of aliphatic hydroxyl groups is 1. The van der Waals surface area contributed by atoms with Crippen LogP contribution < -0.4 is 0 Å². The first kappa shape index (κ1) is 13.8. The first-order valence-electron chi connectivity index (χ1n) is 6.22. The van der Waals surface area contributed by atoms with E-state index < -0.39 is 0 Å². The molecule has 6 nitrogen and oxygen atoms in total. The average molecular weight is 266 g/mol. The molecule has 2 heterocycles. The third kappa shape index (κ3) is 2.85. The maximum Gasteiger partial charge on any atom is 0.270 e. The van der Waals surface area contributed by atoms with Crippen molar-refractivity contribution >= 4 is 11.7 Å². The van der Waals surface area contributed by atoms with E-state index in [2.05, 4.69) is 0 Å². The van der Waals surface area contributed by atoms with Crippen LogP contribution in [0.1, 0.15) is 27.8 Å². The number of amides is 1. The molecule has 0 saturated carbocycles. The van der Waals surface area contributed by atoms with E-state index in [-0.39, 0.29) is 24.4 Å². The molecular formula is C13H18N2O4. The molecule has 104 valence electrons. The average Bonchev–Trinajstić information content (AvgIpc) is 2.80.